The van der Waals surface area contributed by atoms with Crippen molar-refractivity contribution in [2.75, 3.05) is 13.2 Å². The van der Waals surface area contributed by atoms with E-state index in [0.29, 0.717) is 18.1 Å². The smallest absolute Gasteiger partial charge is 0.277 e. The van der Waals surface area contributed by atoms with Crippen molar-refractivity contribution >= 4 is 44.0 Å². The maximum atomic E-state index is 12.8. The molecule has 136 valence electrons. The molecular weight excluding hydrogens is 471 g/mol. The number of carbonyl (C=O) groups excluding carboxylic acids is 1. The quantitative estimate of drug-likeness (QED) is 0.341. The SMILES string of the molecule is C=CCOc1c(Br)cc(/C=N/NC(=O)COc2ccc(F)cc2)cc1Br. The number of nitrogens with zero attached hydrogens (tertiary/aromatic N) is 1. The highest BCUT2D eigenvalue weighted by atomic mass is 79.9. The molecule has 0 radical (unpaired) electrons. The lowest BCUT2D eigenvalue weighted by Gasteiger charge is -2.09. The van der Waals surface area contributed by atoms with Gasteiger partial charge < -0.3 is 9.47 Å². The molecule has 0 aliphatic carbocycles. The standard InChI is InChI=1S/C18H15Br2FN2O3/c1-2-7-25-18-15(19)8-12(9-16(18)20)10-22-23-17(24)11-26-14-5-3-13(21)4-6-14/h2-6,8-10H,1,7,11H2,(H,23,24)/b22-10+. The number of rotatable bonds is 8. The van der Waals surface area contributed by atoms with E-state index in [9.17, 15) is 9.18 Å². The van der Waals surface area contributed by atoms with Gasteiger partial charge in [-0.3, -0.25) is 4.79 Å². The van der Waals surface area contributed by atoms with Gasteiger partial charge in [0.05, 0.1) is 15.2 Å². The van der Waals surface area contributed by atoms with Crippen LogP contribution in [0.15, 0.2) is 63.1 Å². The molecule has 5 nitrogen and oxygen atoms in total. The summed E-state index contributed by atoms with van der Waals surface area (Å²) >= 11 is 6.84. The van der Waals surface area contributed by atoms with Gasteiger partial charge in [0.1, 0.15) is 23.9 Å². The molecule has 2 aromatic rings. The van der Waals surface area contributed by atoms with Crippen LogP contribution in [0.3, 0.4) is 0 Å². The third kappa shape index (κ3) is 6.27. The molecule has 2 aromatic carbocycles. The van der Waals surface area contributed by atoms with Crippen LogP contribution in [0.5, 0.6) is 11.5 Å². The number of benzene rings is 2. The van der Waals surface area contributed by atoms with Crippen LogP contribution in [0.1, 0.15) is 5.56 Å². The molecule has 0 bridgehead atoms. The molecule has 1 amide bonds. The summed E-state index contributed by atoms with van der Waals surface area (Å²) in [5.41, 5.74) is 3.10. The number of hydrogen-bond donors (Lipinski definition) is 1. The highest BCUT2D eigenvalue weighted by Crippen LogP contribution is 2.34. The molecule has 0 atom stereocenters. The maximum absolute atomic E-state index is 12.8. The van der Waals surface area contributed by atoms with Crippen LogP contribution in [0.25, 0.3) is 0 Å². The number of hydrogen-bond acceptors (Lipinski definition) is 4. The monoisotopic (exact) mass is 484 g/mol. The number of nitrogens with one attached hydrogen (secondary N) is 1. The fourth-order valence-electron chi connectivity index (χ4n) is 1.82. The van der Waals surface area contributed by atoms with Gasteiger partial charge >= 0.3 is 0 Å². The van der Waals surface area contributed by atoms with Gasteiger partial charge in [0, 0.05) is 0 Å². The van der Waals surface area contributed by atoms with Crippen LogP contribution >= 0.6 is 31.9 Å². The van der Waals surface area contributed by atoms with Crippen molar-refractivity contribution in [2.45, 2.75) is 0 Å². The lowest BCUT2D eigenvalue weighted by atomic mass is 10.2. The van der Waals surface area contributed by atoms with E-state index >= 15 is 0 Å². The third-order valence-corrected chi connectivity index (χ3v) is 4.13. The summed E-state index contributed by atoms with van der Waals surface area (Å²) in [4.78, 5) is 11.7. The predicted octanol–water partition coefficient (Wildman–Crippen LogP) is 4.44. The van der Waals surface area contributed by atoms with Gasteiger partial charge in [-0.25, -0.2) is 9.82 Å². The molecule has 0 saturated heterocycles. The van der Waals surface area contributed by atoms with Crippen molar-refractivity contribution in [1.82, 2.24) is 5.43 Å². The first-order valence-electron chi connectivity index (χ1n) is 7.42. The Hall–Kier alpha value is -2.19. The zero-order chi connectivity index (χ0) is 18.9. The molecule has 0 fully saturated rings. The zero-order valence-electron chi connectivity index (χ0n) is 13.5. The van der Waals surface area contributed by atoms with E-state index < -0.39 is 5.91 Å². The first-order chi connectivity index (χ1) is 12.5. The van der Waals surface area contributed by atoms with Crippen molar-refractivity contribution in [2.24, 2.45) is 5.10 Å². The lowest BCUT2D eigenvalue weighted by molar-refractivity contribution is -0.123. The van der Waals surface area contributed by atoms with E-state index in [1.807, 2.05) is 0 Å². The minimum Gasteiger partial charge on any atom is -0.487 e. The van der Waals surface area contributed by atoms with Crippen LogP contribution in [-0.2, 0) is 4.79 Å². The van der Waals surface area contributed by atoms with E-state index in [1.54, 1.807) is 18.2 Å². The molecule has 8 heteroatoms. The Kier molecular flexibility index (Phi) is 7.80. The Morgan fingerprint density at radius 3 is 2.46 bits per heavy atom. The molecule has 0 aliphatic heterocycles. The maximum Gasteiger partial charge on any atom is 0.277 e. The van der Waals surface area contributed by atoms with Crippen molar-refractivity contribution in [3.8, 4) is 11.5 Å². The number of ether oxygens (including phenoxy) is 2. The lowest BCUT2D eigenvalue weighted by Crippen LogP contribution is -2.24. The minimum absolute atomic E-state index is 0.231. The third-order valence-electron chi connectivity index (χ3n) is 2.95. The molecule has 26 heavy (non-hydrogen) atoms. The minimum atomic E-state index is -0.436. The topological polar surface area (TPSA) is 59.9 Å². The predicted molar refractivity (Wildman–Crippen MR) is 105 cm³/mol. The van der Waals surface area contributed by atoms with E-state index in [0.717, 1.165) is 14.5 Å². The van der Waals surface area contributed by atoms with Crippen LogP contribution < -0.4 is 14.9 Å². The normalized spacial score (nSPS) is 10.6. The van der Waals surface area contributed by atoms with Crippen LogP contribution in [0.4, 0.5) is 4.39 Å². The molecule has 0 spiro atoms. The van der Waals surface area contributed by atoms with Crippen LogP contribution in [0, 0.1) is 5.82 Å². The van der Waals surface area contributed by atoms with Crippen LogP contribution in [-0.4, -0.2) is 25.3 Å². The van der Waals surface area contributed by atoms with Gasteiger partial charge in [0.15, 0.2) is 6.61 Å². The van der Waals surface area contributed by atoms with Gasteiger partial charge in [0.2, 0.25) is 0 Å². The highest BCUT2D eigenvalue weighted by molar-refractivity contribution is 9.11. The first kappa shape index (κ1) is 20.1. The Morgan fingerprint density at radius 2 is 1.85 bits per heavy atom. The van der Waals surface area contributed by atoms with Gasteiger partial charge in [-0.1, -0.05) is 12.7 Å². The first-order valence-corrected chi connectivity index (χ1v) is 9.01. The summed E-state index contributed by atoms with van der Waals surface area (Å²) < 4.78 is 25.0. The fraction of sp³-hybridized carbons (Fsp3) is 0.111. The molecule has 0 aliphatic rings. The summed E-state index contributed by atoms with van der Waals surface area (Å²) in [6.45, 7) is 3.76. The molecule has 1 N–H and O–H groups in total. The molecule has 0 saturated carbocycles. The second-order valence-electron chi connectivity index (χ2n) is 4.95. The second kappa shape index (κ2) is 10.1. The zero-order valence-corrected chi connectivity index (χ0v) is 16.7. The Bertz CT molecular complexity index is 788. The van der Waals surface area contributed by atoms with Crippen LogP contribution in [0.2, 0.25) is 0 Å². The van der Waals surface area contributed by atoms with Gasteiger partial charge in [-0.05, 0) is 73.8 Å². The van der Waals surface area contributed by atoms with E-state index in [1.165, 1.54) is 30.5 Å². The summed E-state index contributed by atoms with van der Waals surface area (Å²) in [7, 11) is 0. The molecule has 0 aromatic heterocycles. The molecular formula is C18H15Br2FN2O3. The number of carbonyl (C=O) groups is 1. The summed E-state index contributed by atoms with van der Waals surface area (Å²) in [5, 5.41) is 3.88. The molecule has 0 heterocycles. The number of hydrazone groups is 1. The highest BCUT2D eigenvalue weighted by Gasteiger charge is 2.08. The summed E-state index contributed by atoms with van der Waals surface area (Å²) in [5.74, 6) is 0.242. The van der Waals surface area contributed by atoms with Crippen molar-refractivity contribution < 1.29 is 18.7 Å². The van der Waals surface area contributed by atoms with E-state index in [4.69, 9.17) is 9.47 Å². The average molecular weight is 486 g/mol. The Morgan fingerprint density at radius 1 is 1.19 bits per heavy atom. The second-order valence-corrected chi connectivity index (χ2v) is 6.66. The summed E-state index contributed by atoms with van der Waals surface area (Å²) in [6.07, 6.45) is 3.14. The van der Waals surface area contributed by atoms with Crippen molar-refractivity contribution in [3.05, 3.63) is 69.4 Å². The molecule has 0 unspecified atom stereocenters. The Labute approximate surface area is 167 Å². The van der Waals surface area contributed by atoms with Crippen molar-refractivity contribution in [3.63, 3.8) is 0 Å². The van der Waals surface area contributed by atoms with E-state index in [-0.39, 0.29) is 12.4 Å². The average Bonchev–Trinajstić information content (AvgIpc) is 2.60. The molecule has 2 rings (SSSR count). The van der Waals surface area contributed by atoms with Crippen molar-refractivity contribution in [1.29, 1.82) is 0 Å². The van der Waals surface area contributed by atoms with E-state index in [2.05, 4.69) is 49.0 Å². The summed E-state index contributed by atoms with van der Waals surface area (Å²) in [6, 6.07) is 8.99. The van der Waals surface area contributed by atoms with Gasteiger partial charge in [-0.2, -0.15) is 5.10 Å². The van der Waals surface area contributed by atoms with Gasteiger partial charge in [0.25, 0.3) is 5.91 Å². The number of halogens is 3. The van der Waals surface area contributed by atoms with Gasteiger partial charge in [-0.15, -0.1) is 0 Å². The largest absolute Gasteiger partial charge is 0.487 e. The fourth-order valence-corrected chi connectivity index (χ4v) is 3.28. The Balaban J connectivity index is 1.88. The number of amides is 1.